The number of nitrogens with one attached hydrogen (secondary N) is 2. The zero-order chi connectivity index (χ0) is 24.7. The largest absolute Gasteiger partial charge is 0.358 e. The average Bonchev–Trinajstić information content (AvgIpc) is 3.30. The molecule has 1 aromatic heterocycles. The van der Waals surface area contributed by atoms with Crippen molar-refractivity contribution < 1.29 is 14.4 Å². The van der Waals surface area contributed by atoms with Crippen molar-refractivity contribution in [3.63, 3.8) is 0 Å². The van der Waals surface area contributed by atoms with Gasteiger partial charge in [0.05, 0.1) is 17.0 Å². The van der Waals surface area contributed by atoms with E-state index in [-0.39, 0.29) is 42.2 Å². The summed E-state index contributed by atoms with van der Waals surface area (Å²) in [6.45, 7) is 1.92. The van der Waals surface area contributed by atoms with Gasteiger partial charge in [0.15, 0.2) is 5.01 Å². The lowest BCUT2D eigenvalue weighted by atomic mass is 10.1. The number of likely N-dealkylation sites (N-methyl/N-ethyl adjacent to an activating group) is 1. The topological polar surface area (TPSA) is 115 Å². The Morgan fingerprint density at radius 2 is 1.88 bits per heavy atom. The molecule has 1 heterocycles. The Bertz CT molecular complexity index is 1250. The van der Waals surface area contributed by atoms with E-state index in [2.05, 4.69) is 31.5 Å². The molecule has 34 heavy (non-hydrogen) atoms. The molecule has 2 aromatic carbocycles. The van der Waals surface area contributed by atoms with Crippen molar-refractivity contribution in [2.75, 3.05) is 26.7 Å². The summed E-state index contributed by atoms with van der Waals surface area (Å²) in [6, 6.07) is 16.5. The number of thiazole rings is 1. The zero-order valence-corrected chi connectivity index (χ0v) is 21.0. The molecule has 8 nitrogen and oxygen atoms in total. The van der Waals surface area contributed by atoms with Crippen molar-refractivity contribution in [3.05, 3.63) is 74.8 Å². The third-order valence-electron chi connectivity index (χ3n) is 4.96. The highest BCUT2D eigenvalue weighted by atomic mass is 79.9. The van der Waals surface area contributed by atoms with Gasteiger partial charge in [-0.25, -0.2) is 4.98 Å². The van der Waals surface area contributed by atoms with Crippen LogP contribution in [0.5, 0.6) is 0 Å². The second-order valence-corrected chi connectivity index (χ2v) is 9.06. The lowest BCUT2D eigenvalue weighted by Crippen LogP contribution is -2.43. The van der Waals surface area contributed by atoms with E-state index in [0.29, 0.717) is 14.9 Å². The summed E-state index contributed by atoms with van der Waals surface area (Å²) in [5.41, 5.74) is 2.26. The standard InChI is InChI=1S/C24H22BrN5O3S/c1-15-7-6-10-17(20(15)25)24(33)30(14-18(31)27-2)12-11-28-23(32)21-22(34-19(13-26)29-21)16-8-4-3-5-9-16/h3-10H,11-12,14H2,1-2H3,(H,27,31)(H,28,32). The van der Waals surface area contributed by atoms with Crippen LogP contribution in [0.15, 0.2) is 53.0 Å². The number of aryl methyl sites for hydroxylation is 1. The lowest BCUT2D eigenvalue weighted by Gasteiger charge is -2.23. The van der Waals surface area contributed by atoms with Crippen molar-refractivity contribution in [1.82, 2.24) is 20.5 Å². The molecular weight excluding hydrogens is 518 g/mol. The van der Waals surface area contributed by atoms with Crippen molar-refractivity contribution >= 4 is 45.0 Å². The van der Waals surface area contributed by atoms with E-state index in [4.69, 9.17) is 0 Å². The van der Waals surface area contributed by atoms with E-state index in [9.17, 15) is 19.6 Å². The molecule has 2 N–H and O–H groups in total. The van der Waals surface area contributed by atoms with Gasteiger partial charge in [-0.05, 0) is 40.0 Å². The van der Waals surface area contributed by atoms with Crippen LogP contribution in [0.1, 0.15) is 31.4 Å². The van der Waals surface area contributed by atoms with E-state index in [0.717, 1.165) is 22.5 Å². The Hall–Kier alpha value is -3.55. The van der Waals surface area contributed by atoms with Crippen LogP contribution in [-0.4, -0.2) is 54.3 Å². The summed E-state index contributed by atoms with van der Waals surface area (Å²) in [5.74, 6) is -1.12. The molecule has 0 aliphatic heterocycles. The summed E-state index contributed by atoms with van der Waals surface area (Å²) in [7, 11) is 1.50. The molecule has 3 aromatic rings. The molecule has 0 radical (unpaired) electrons. The highest BCUT2D eigenvalue weighted by Crippen LogP contribution is 2.30. The third kappa shape index (κ3) is 5.87. The first-order valence-electron chi connectivity index (χ1n) is 10.3. The normalized spacial score (nSPS) is 10.3. The number of hydrogen-bond donors (Lipinski definition) is 2. The maximum atomic E-state index is 13.2. The molecule has 0 atom stereocenters. The van der Waals surface area contributed by atoms with Gasteiger partial charge in [-0.1, -0.05) is 42.5 Å². The fourth-order valence-electron chi connectivity index (χ4n) is 3.18. The highest BCUT2D eigenvalue weighted by molar-refractivity contribution is 9.10. The zero-order valence-electron chi connectivity index (χ0n) is 18.6. The quantitative estimate of drug-likeness (QED) is 0.455. The molecule has 0 spiro atoms. The van der Waals surface area contributed by atoms with E-state index in [1.807, 2.05) is 49.4 Å². The molecule has 174 valence electrons. The van der Waals surface area contributed by atoms with Crippen LogP contribution in [0.25, 0.3) is 10.4 Å². The summed E-state index contributed by atoms with van der Waals surface area (Å²) >= 11 is 4.58. The number of rotatable bonds is 8. The minimum absolute atomic E-state index is 0.0959. The smallest absolute Gasteiger partial charge is 0.271 e. The Labute approximate surface area is 209 Å². The van der Waals surface area contributed by atoms with Gasteiger partial charge in [-0.3, -0.25) is 14.4 Å². The predicted molar refractivity (Wildman–Crippen MR) is 133 cm³/mol. The summed E-state index contributed by atoms with van der Waals surface area (Å²) in [4.78, 5) is 44.2. The second kappa shape index (κ2) is 11.5. The molecule has 10 heteroatoms. The van der Waals surface area contributed by atoms with Crippen LogP contribution in [0.3, 0.4) is 0 Å². The molecule has 0 saturated carbocycles. The van der Waals surface area contributed by atoms with Gasteiger partial charge in [-0.15, -0.1) is 11.3 Å². The maximum Gasteiger partial charge on any atom is 0.271 e. The van der Waals surface area contributed by atoms with Crippen LogP contribution in [0.4, 0.5) is 0 Å². The van der Waals surface area contributed by atoms with Gasteiger partial charge in [0.25, 0.3) is 11.8 Å². The Morgan fingerprint density at radius 1 is 1.15 bits per heavy atom. The van der Waals surface area contributed by atoms with Crippen LogP contribution < -0.4 is 10.6 Å². The minimum atomic E-state index is -0.458. The predicted octanol–water partition coefficient (Wildman–Crippen LogP) is 3.37. The van der Waals surface area contributed by atoms with Crippen molar-refractivity contribution in [2.45, 2.75) is 6.92 Å². The van der Waals surface area contributed by atoms with Gasteiger partial charge in [0.1, 0.15) is 11.8 Å². The van der Waals surface area contributed by atoms with Gasteiger partial charge in [0, 0.05) is 24.6 Å². The molecule has 0 unspecified atom stereocenters. The van der Waals surface area contributed by atoms with Gasteiger partial charge in [0.2, 0.25) is 5.91 Å². The van der Waals surface area contributed by atoms with Crippen LogP contribution >= 0.6 is 27.3 Å². The molecule has 0 fully saturated rings. The van der Waals surface area contributed by atoms with Crippen LogP contribution in [0, 0.1) is 18.3 Å². The fraction of sp³-hybridized carbons (Fsp3) is 0.208. The van der Waals surface area contributed by atoms with E-state index in [1.165, 1.54) is 11.9 Å². The molecular formula is C24H22BrN5O3S. The summed E-state index contributed by atoms with van der Waals surface area (Å²) in [6.07, 6.45) is 0. The van der Waals surface area contributed by atoms with E-state index < -0.39 is 5.91 Å². The average molecular weight is 540 g/mol. The summed E-state index contributed by atoms with van der Waals surface area (Å²) < 4.78 is 0.657. The van der Waals surface area contributed by atoms with Crippen molar-refractivity contribution in [2.24, 2.45) is 0 Å². The Balaban J connectivity index is 1.76. The number of carbonyl (C=O) groups excluding carboxylic acids is 3. The second-order valence-electron chi connectivity index (χ2n) is 7.27. The van der Waals surface area contributed by atoms with Crippen molar-refractivity contribution in [3.8, 4) is 16.5 Å². The summed E-state index contributed by atoms with van der Waals surface area (Å²) in [5, 5.41) is 14.7. The van der Waals surface area contributed by atoms with Gasteiger partial charge in [-0.2, -0.15) is 5.26 Å². The van der Waals surface area contributed by atoms with Crippen molar-refractivity contribution in [1.29, 1.82) is 5.26 Å². The molecule has 0 aliphatic carbocycles. The number of nitrogens with zero attached hydrogens (tertiary/aromatic N) is 3. The Morgan fingerprint density at radius 3 is 2.56 bits per heavy atom. The fourth-order valence-corrected chi connectivity index (χ4v) is 4.48. The SMILES string of the molecule is CNC(=O)CN(CCNC(=O)c1nc(C#N)sc1-c1ccccc1)C(=O)c1cccc(C)c1Br. The van der Waals surface area contributed by atoms with E-state index >= 15 is 0 Å². The number of nitriles is 1. The highest BCUT2D eigenvalue weighted by Gasteiger charge is 2.23. The molecule has 3 amide bonds. The first-order chi connectivity index (χ1) is 16.3. The number of amides is 3. The number of benzene rings is 2. The van der Waals surface area contributed by atoms with Crippen LogP contribution in [0.2, 0.25) is 0 Å². The van der Waals surface area contributed by atoms with Gasteiger partial charge >= 0.3 is 0 Å². The number of aromatic nitrogens is 1. The maximum absolute atomic E-state index is 13.2. The molecule has 0 bridgehead atoms. The number of halogens is 1. The van der Waals surface area contributed by atoms with Gasteiger partial charge < -0.3 is 15.5 Å². The number of carbonyl (C=O) groups is 3. The molecule has 0 aliphatic rings. The monoisotopic (exact) mass is 539 g/mol. The van der Waals surface area contributed by atoms with Crippen LogP contribution in [-0.2, 0) is 4.79 Å². The molecule has 0 saturated heterocycles. The Kier molecular flexibility index (Phi) is 8.51. The van der Waals surface area contributed by atoms with E-state index in [1.54, 1.807) is 12.1 Å². The minimum Gasteiger partial charge on any atom is -0.358 e. The number of hydrogen-bond acceptors (Lipinski definition) is 6. The third-order valence-corrected chi connectivity index (χ3v) is 7.03. The first-order valence-corrected chi connectivity index (χ1v) is 12.0. The first kappa shape index (κ1) is 25.1. The molecule has 3 rings (SSSR count). The lowest BCUT2D eigenvalue weighted by molar-refractivity contribution is -0.121.